The van der Waals surface area contributed by atoms with Crippen LogP contribution in [0.15, 0.2) is 18.2 Å². The summed E-state index contributed by atoms with van der Waals surface area (Å²) in [6.45, 7) is 2.59. The second kappa shape index (κ2) is 5.16. The fraction of sp³-hybridized carbons (Fsp3) is 0.462. The normalized spacial score (nSPS) is 21.2. The topological polar surface area (TPSA) is 55.6 Å². The maximum Gasteiger partial charge on any atom is 0.263 e. The Labute approximate surface area is 112 Å². The van der Waals surface area contributed by atoms with Gasteiger partial charge >= 0.3 is 0 Å². The van der Waals surface area contributed by atoms with Crippen LogP contribution in [0.25, 0.3) is 0 Å². The van der Waals surface area contributed by atoms with Crippen molar-refractivity contribution >= 4 is 17.5 Å². The van der Waals surface area contributed by atoms with Gasteiger partial charge in [0.05, 0.1) is 0 Å². The molecule has 18 heavy (non-hydrogen) atoms. The third-order valence-corrected chi connectivity index (χ3v) is 3.35. The number of halogens is 1. The number of hydrogen-bond donors (Lipinski definition) is 1. The Kier molecular flexibility index (Phi) is 3.78. The number of hydrogen-bond acceptors (Lipinski definition) is 3. The van der Waals surface area contributed by atoms with Crippen LogP contribution >= 0.6 is 11.6 Å². The molecule has 1 unspecified atom stereocenters. The van der Waals surface area contributed by atoms with Crippen molar-refractivity contribution in [2.75, 3.05) is 13.6 Å². The molecule has 0 aromatic heterocycles. The van der Waals surface area contributed by atoms with Crippen molar-refractivity contribution < 1.29 is 9.53 Å². The summed E-state index contributed by atoms with van der Waals surface area (Å²) in [5.74, 6) is 0.656. The minimum absolute atomic E-state index is 0.0144. The fourth-order valence-corrected chi connectivity index (χ4v) is 2.22. The molecule has 4 nitrogen and oxygen atoms in total. The standard InChI is InChI=1S/C13H17ClN2O2/c1-8(15)10-7-9(14)3-4-11(10)18-12-5-6-16(2)13(12)17/h3-4,7-8,12H,5-6,15H2,1-2H3/t8-,12?/m1/s1. The van der Waals surface area contributed by atoms with Gasteiger partial charge < -0.3 is 15.4 Å². The molecule has 0 bridgehead atoms. The molecular formula is C13H17ClN2O2. The first kappa shape index (κ1) is 13.2. The van der Waals surface area contributed by atoms with Crippen molar-refractivity contribution in [1.82, 2.24) is 4.90 Å². The summed E-state index contributed by atoms with van der Waals surface area (Å²) in [5.41, 5.74) is 6.71. The molecule has 98 valence electrons. The van der Waals surface area contributed by atoms with E-state index in [0.29, 0.717) is 17.2 Å². The molecule has 0 radical (unpaired) electrons. The molecule has 0 aliphatic carbocycles. The van der Waals surface area contributed by atoms with Gasteiger partial charge in [-0.3, -0.25) is 4.79 Å². The van der Waals surface area contributed by atoms with Gasteiger partial charge in [0.25, 0.3) is 5.91 Å². The molecule has 0 spiro atoms. The molecule has 0 saturated carbocycles. The lowest BCUT2D eigenvalue weighted by Gasteiger charge is -2.18. The van der Waals surface area contributed by atoms with Crippen molar-refractivity contribution in [1.29, 1.82) is 0 Å². The number of nitrogens with zero attached hydrogens (tertiary/aromatic N) is 1. The quantitative estimate of drug-likeness (QED) is 0.912. The largest absolute Gasteiger partial charge is 0.480 e. The summed E-state index contributed by atoms with van der Waals surface area (Å²) in [7, 11) is 1.78. The molecule has 2 N–H and O–H groups in total. The highest BCUT2D eigenvalue weighted by atomic mass is 35.5. The number of nitrogens with two attached hydrogens (primary N) is 1. The molecule has 1 aliphatic rings. The Morgan fingerprint density at radius 3 is 2.83 bits per heavy atom. The molecule has 1 amide bonds. The van der Waals surface area contributed by atoms with Crippen LogP contribution in [0.1, 0.15) is 24.9 Å². The third kappa shape index (κ3) is 2.60. The van der Waals surface area contributed by atoms with E-state index in [4.69, 9.17) is 22.1 Å². The summed E-state index contributed by atoms with van der Waals surface area (Å²) >= 11 is 5.94. The Balaban J connectivity index is 2.21. The highest BCUT2D eigenvalue weighted by Crippen LogP contribution is 2.29. The van der Waals surface area contributed by atoms with Gasteiger partial charge in [-0.1, -0.05) is 11.6 Å². The second-order valence-corrected chi connectivity index (χ2v) is 5.06. The van der Waals surface area contributed by atoms with E-state index < -0.39 is 6.10 Å². The molecule has 1 aromatic rings. The van der Waals surface area contributed by atoms with Gasteiger partial charge in [-0.05, 0) is 25.1 Å². The minimum Gasteiger partial charge on any atom is -0.480 e. The number of likely N-dealkylation sites (tertiary alicyclic amines) is 1. The van der Waals surface area contributed by atoms with Crippen LogP contribution in [-0.4, -0.2) is 30.5 Å². The predicted octanol–water partition coefficient (Wildman–Crippen LogP) is 1.97. The van der Waals surface area contributed by atoms with E-state index in [1.807, 2.05) is 6.92 Å². The first-order chi connectivity index (χ1) is 8.49. The van der Waals surface area contributed by atoms with Crippen molar-refractivity contribution in [2.45, 2.75) is 25.5 Å². The van der Waals surface area contributed by atoms with Crippen LogP contribution in [0.2, 0.25) is 5.02 Å². The van der Waals surface area contributed by atoms with Gasteiger partial charge in [-0.2, -0.15) is 0 Å². The van der Waals surface area contributed by atoms with E-state index in [2.05, 4.69) is 0 Å². The number of carbonyl (C=O) groups excluding carboxylic acids is 1. The average molecular weight is 269 g/mol. The zero-order chi connectivity index (χ0) is 13.3. The van der Waals surface area contributed by atoms with Gasteiger partial charge in [-0.15, -0.1) is 0 Å². The zero-order valence-corrected chi connectivity index (χ0v) is 11.3. The molecular weight excluding hydrogens is 252 g/mol. The second-order valence-electron chi connectivity index (χ2n) is 4.63. The minimum atomic E-state index is -0.409. The highest BCUT2D eigenvalue weighted by molar-refractivity contribution is 6.30. The van der Waals surface area contributed by atoms with Gasteiger partial charge in [0.1, 0.15) is 5.75 Å². The van der Waals surface area contributed by atoms with Gasteiger partial charge in [0.15, 0.2) is 6.10 Å². The summed E-state index contributed by atoms with van der Waals surface area (Å²) < 4.78 is 5.78. The zero-order valence-electron chi connectivity index (χ0n) is 10.5. The number of carbonyl (C=O) groups is 1. The van der Waals surface area contributed by atoms with Crippen molar-refractivity contribution in [2.24, 2.45) is 5.73 Å². The molecule has 1 fully saturated rings. The number of amides is 1. The van der Waals surface area contributed by atoms with Crippen LogP contribution in [-0.2, 0) is 4.79 Å². The SMILES string of the molecule is C[C@@H](N)c1cc(Cl)ccc1OC1CCN(C)C1=O. The fourth-order valence-electron chi connectivity index (χ4n) is 2.04. The van der Waals surface area contributed by atoms with Crippen molar-refractivity contribution in [3.63, 3.8) is 0 Å². The molecule has 1 saturated heterocycles. The van der Waals surface area contributed by atoms with Gasteiger partial charge in [-0.25, -0.2) is 0 Å². The Morgan fingerprint density at radius 1 is 1.56 bits per heavy atom. The lowest BCUT2D eigenvalue weighted by atomic mass is 10.1. The maximum absolute atomic E-state index is 11.8. The van der Waals surface area contributed by atoms with Crippen LogP contribution < -0.4 is 10.5 Å². The van der Waals surface area contributed by atoms with E-state index in [9.17, 15) is 4.79 Å². The van der Waals surface area contributed by atoms with Crippen LogP contribution in [0.5, 0.6) is 5.75 Å². The molecule has 2 rings (SSSR count). The summed E-state index contributed by atoms with van der Waals surface area (Å²) in [4.78, 5) is 13.5. The smallest absolute Gasteiger partial charge is 0.263 e. The average Bonchev–Trinajstić information content (AvgIpc) is 2.63. The van der Waals surface area contributed by atoms with E-state index in [1.54, 1.807) is 30.1 Å². The first-order valence-electron chi connectivity index (χ1n) is 5.95. The lowest BCUT2D eigenvalue weighted by molar-refractivity contribution is -0.132. The molecule has 5 heteroatoms. The number of ether oxygens (including phenoxy) is 1. The first-order valence-corrected chi connectivity index (χ1v) is 6.33. The van der Waals surface area contributed by atoms with Gasteiger partial charge in [0, 0.05) is 36.6 Å². The summed E-state index contributed by atoms with van der Waals surface area (Å²) in [5, 5.41) is 0.615. The van der Waals surface area contributed by atoms with E-state index >= 15 is 0 Å². The number of rotatable bonds is 3. The van der Waals surface area contributed by atoms with Crippen molar-refractivity contribution in [3.8, 4) is 5.75 Å². The highest BCUT2D eigenvalue weighted by Gasteiger charge is 2.31. The molecule has 1 aliphatic heterocycles. The van der Waals surface area contributed by atoms with E-state index in [1.165, 1.54) is 0 Å². The summed E-state index contributed by atoms with van der Waals surface area (Å²) in [6, 6.07) is 5.11. The molecule has 1 aromatic carbocycles. The van der Waals surface area contributed by atoms with E-state index in [0.717, 1.165) is 12.1 Å². The molecule has 2 atom stereocenters. The Bertz CT molecular complexity index is 462. The number of likely N-dealkylation sites (N-methyl/N-ethyl adjacent to an activating group) is 1. The molecule has 1 heterocycles. The van der Waals surface area contributed by atoms with Gasteiger partial charge in [0.2, 0.25) is 0 Å². The van der Waals surface area contributed by atoms with Crippen LogP contribution in [0.3, 0.4) is 0 Å². The maximum atomic E-state index is 11.8. The lowest BCUT2D eigenvalue weighted by Crippen LogP contribution is -2.29. The Morgan fingerprint density at radius 2 is 2.28 bits per heavy atom. The van der Waals surface area contributed by atoms with Crippen molar-refractivity contribution in [3.05, 3.63) is 28.8 Å². The predicted molar refractivity (Wildman–Crippen MR) is 70.7 cm³/mol. The van der Waals surface area contributed by atoms with E-state index in [-0.39, 0.29) is 11.9 Å². The van der Waals surface area contributed by atoms with Crippen LogP contribution in [0.4, 0.5) is 0 Å². The Hall–Kier alpha value is -1.26. The summed E-state index contributed by atoms with van der Waals surface area (Å²) in [6.07, 6.45) is 0.296. The number of benzene rings is 1. The van der Waals surface area contributed by atoms with Crippen LogP contribution in [0, 0.1) is 0 Å². The third-order valence-electron chi connectivity index (χ3n) is 3.11. The monoisotopic (exact) mass is 268 g/mol.